The van der Waals surface area contributed by atoms with Crippen LogP contribution in [-0.4, -0.2) is 52.6 Å². The molecule has 1 atom stereocenters. The Balaban J connectivity index is 1.99. The van der Waals surface area contributed by atoms with Gasteiger partial charge in [0.2, 0.25) is 0 Å². The zero-order chi connectivity index (χ0) is 13.3. The summed E-state index contributed by atoms with van der Waals surface area (Å²) in [5.74, 6) is 0.355. The molecule has 1 aliphatic heterocycles. The van der Waals surface area contributed by atoms with Crippen molar-refractivity contribution in [1.29, 1.82) is 0 Å². The Bertz CT molecular complexity index is 553. The molecule has 0 spiro atoms. The first kappa shape index (κ1) is 13.0. The summed E-state index contributed by atoms with van der Waals surface area (Å²) in [6.45, 7) is 0.341. The smallest absolute Gasteiger partial charge is 0.283 e. The zero-order valence-electron chi connectivity index (χ0n) is 9.89. The van der Waals surface area contributed by atoms with Crippen LogP contribution in [0.4, 0.5) is 5.69 Å². The Morgan fingerprint density at radius 3 is 2.89 bits per heavy atom. The number of hydrogen-bond donors (Lipinski definition) is 0. The van der Waals surface area contributed by atoms with E-state index in [2.05, 4.69) is 5.10 Å². The molecule has 100 valence electrons. The van der Waals surface area contributed by atoms with Crippen molar-refractivity contribution in [2.24, 2.45) is 0 Å². The van der Waals surface area contributed by atoms with Gasteiger partial charge in [-0.15, -0.1) is 0 Å². The first-order chi connectivity index (χ1) is 8.37. The number of aromatic nitrogens is 2. The topological polar surface area (TPSA) is 98.3 Å². The van der Waals surface area contributed by atoms with Crippen LogP contribution < -0.4 is 0 Å². The van der Waals surface area contributed by atoms with Crippen LogP contribution in [0.25, 0.3) is 0 Å². The molecule has 1 aliphatic rings. The van der Waals surface area contributed by atoms with E-state index in [4.69, 9.17) is 0 Å². The highest BCUT2D eigenvalue weighted by Crippen LogP contribution is 2.17. The van der Waals surface area contributed by atoms with Gasteiger partial charge in [-0.3, -0.25) is 19.7 Å². The van der Waals surface area contributed by atoms with Crippen LogP contribution >= 0.6 is 0 Å². The monoisotopic (exact) mass is 274 g/mol. The number of nitrogens with zero attached hydrogens (tertiary/aromatic N) is 4. The molecular weight excluding hydrogens is 260 g/mol. The molecule has 0 bridgehead atoms. The highest BCUT2D eigenvalue weighted by molar-refractivity contribution is 7.91. The quantitative estimate of drug-likeness (QED) is 0.560. The molecule has 0 aliphatic carbocycles. The van der Waals surface area contributed by atoms with Gasteiger partial charge in [0, 0.05) is 6.04 Å². The minimum Gasteiger partial charge on any atom is -0.283 e. The fourth-order valence-corrected chi connectivity index (χ4v) is 3.80. The zero-order valence-corrected chi connectivity index (χ0v) is 10.7. The maximum atomic E-state index is 11.4. The Hall–Kier alpha value is -1.48. The summed E-state index contributed by atoms with van der Waals surface area (Å²) in [6, 6.07) is -0.0433. The minimum absolute atomic E-state index is 0.0433. The second-order valence-corrected chi connectivity index (χ2v) is 6.68. The maximum absolute atomic E-state index is 11.4. The second kappa shape index (κ2) is 4.65. The lowest BCUT2D eigenvalue weighted by Crippen LogP contribution is -2.34. The largest absolute Gasteiger partial charge is 0.307 e. The lowest BCUT2D eigenvalue weighted by Gasteiger charge is -2.22. The summed E-state index contributed by atoms with van der Waals surface area (Å²) in [4.78, 5) is 11.8. The summed E-state index contributed by atoms with van der Waals surface area (Å²) < 4.78 is 24.1. The van der Waals surface area contributed by atoms with Crippen molar-refractivity contribution in [2.45, 2.75) is 19.1 Å². The van der Waals surface area contributed by atoms with Crippen molar-refractivity contribution in [3.63, 3.8) is 0 Å². The molecule has 1 aromatic heterocycles. The van der Waals surface area contributed by atoms with Gasteiger partial charge in [-0.1, -0.05) is 0 Å². The third-order valence-corrected chi connectivity index (χ3v) is 4.78. The van der Waals surface area contributed by atoms with Gasteiger partial charge in [0.25, 0.3) is 0 Å². The van der Waals surface area contributed by atoms with Gasteiger partial charge in [0.05, 0.1) is 23.1 Å². The highest BCUT2D eigenvalue weighted by atomic mass is 32.2. The van der Waals surface area contributed by atoms with E-state index in [1.54, 1.807) is 7.05 Å². The van der Waals surface area contributed by atoms with Crippen molar-refractivity contribution < 1.29 is 13.3 Å². The Morgan fingerprint density at radius 2 is 2.39 bits per heavy atom. The highest BCUT2D eigenvalue weighted by Gasteiger charge is 2.30. The lowest BCUT2D eigenvalue weighted by molar-refractivity contribution is -0.385. The van der Waals surface area contributed by atoms with E-state index in [0.717, 1.165) is 0 Å². The SMILES string of the molecule is CN(Cn1cc([N+](=O)[O-])cn1)C1CCS(=O)(=O)C1. The molecule has 0 N–H and O–H groups in total. The van der Waals surface area contributed by atoms with Gasteiger partial charge in [0.1, 0.15) is 12.4 Å². The molecular formula is C9H14N4O4S. The van der Waals surface area contributed by atoms with Crippen LogP contribution in [0.5, 0.6) is 0 Å². The average Bonchev–Trinajstić information content (AvgIpc) is 2.84. The van der Waals surface area contributed by atoms with Crippen molar-refractivity contribution in [2.75, 3.05) is 18.6 Å². The molecule has 18 heavy (non-hydrogen) atoms. The number of hydrogen-bond acceptors (Lipinski definition) is 6. The summed E-state index contributed by atoms with van der Waals surface area (Å²) >= 11 is 0. The van der Waals surface area contributed by atoms with E-state index in [0.29, 0.717) is 13.1 Å². The normalized spacial score (nSPS) is 22.4. The molecule has 1 aromatic rings. The van der Waals surface area contributed by atoms with Gasteiger partial charge >= 0.3 is 5.69 Å². The second-order valence-electron chi connectivity index (χ2n) is 4.45. The van der Waals surface area contributed by atoms with Crippen molar-refractivity contribution >= 4 is 15.5 Å². The first-order valence-electron chi connectivity index (χ1n) is 5.45. The molecule has 0 radical (unpaired) electrons. The van der Waals surface area contributed by atoms with Gasteiger partial charge in [-0.2, -0.15) is 5.10 Å². The number of sulfone groups is 1. The summed E-state index contributed by atoms with van der Waals surface area (Å²) in [5.41, 5.74) is -0.0672. The summed E-state index contributed by atoms with van der Waals surface area (Å²) in [7, 11) is -1.13. The molecule has 8 nitrogen and oxygen atoms in total. The van der Waals surface area contributed by atoms with E-state index < -0.39 is 14.8 Å². The molecule has 9 heteroatoms. The van der Waals surface area contributed by atoms with Crippen LogP contribution in [0.3, 0.4) is 0 Å². The summed E-state index contributed by atoms with van der Waals surface area (Å²) in [5, 5.41) is 14.4. The maximum Gasteiger partial charge on any atom is 0.307 e. The van der Waals surface area contributed by atoms with E-state index in [1.807, 2.05) is 4.90 Å². The molecule has 1 saturated heterocycles. The minimum atomic E-state index is -2.92. The van der Waals surface area contributed by atoms with Gasteiger partial charge in [-0.05, 0) is 13.5 Å². The summed E-state index contributed by atoms with van der Waals surface area (Å²) in [6.07, 6.45) is 3.11. The van der Waals surface area contributed by atoms with E-state index in [-0.39, 0.29) is 23.2 Å². The van der Waals surface area contributed by atoms with E-state index >= 15 is 0 Å². The van der Waals surface area contributed by atoms with E-state index in [1.165, 1.54) is 17.1 Å². The lowest BCUT2D eigenvalue weighted by atomic mass is 10.2. The van der Waals surface area contributed by atoms with Crippen molar-refractivity contribution in [1.82, 2.24) is 14.7 Å². The van der Waals surface area contributed by atoms with Crippen LogP contribution in [0.15, 0.2) is 12.4 Å². The number of nitro groups is 1. The number of rotatable bonds is 4. The van der Waals surface area contributed by atoms with Crippen molar-refractivity contribution in [3.05, 3.63) is 22.5 Å². The van der Waals surface area contributed by atoms with Gasteiger partial charge < -0.3 is 0 Å². The van der Waals surface area contributed by atoms with Crippen LogP contribution in [0.1, 0.15) is 6.42 Å². The van der Waals surface area contributed by atoms with Gasteiger partial charge in [-0.25, -0.2) is 8.42 Å². The van der Waals surface area contributed by atoms with Crippen LogP contribution in [0, 0.1) is 10.1 Å². The van der Waals surface area contributed by atoms with Gasteiger partial charge in [0.15, 0.2) is 9.84 Å². The average molecular weight is 274 g/mol. The Kier molecular flexibility index (Phi) is 3.35. The molecule has 2 heterocycles. The molecule has 0 amide bonds. The molecule has 2 rings (SSSR count). The Morgan fingerprint density at radius 1 is 1.67 bits per heavy atom. The predicted octanol–water partition coefficient (Wildman–Crippen LogP) is -0.132. The molecule has 1 fully saturated rings. The third-order valence-electron chi connectivity index (χ3n) is 3.03. The first-order valence-corrected chi connectivity index (χ1v) is 7.27. The predicted molar refractivity (Wildman–Crippen MR) is 63.7 cm³/mol. The standard InChI is InChI=1S/C9H14N4O4S/c1-11(8-2-3-18(16,17)6-8)7-12-5-9(4-10-12)13(14)15/h4-5,8H,2-3,6-7H2,1H3. The fraction of sp³-hybridized carbons (Fsp3) is 0.667. The Labute approximate surface area is 104 Å². The van der Waals surface area contributed by atoms with Crippen LogP contribution in [0.2, 0.25) is 0 Å². The van der Waals surface area contributed by atoms with Crippen molar-refractivity contribution in [3.8, 4) is 0 Å². The van der Waals surface area contributed by atoms with Crippen LogP contribution in [-0.2, 0) is 16.5 Å². The molecule has 0 aromatic carbocycles. The molecule has 0 saturated carbocycles. The fourth-order valence-electron chi connectivity index (χ4n) is 1.99. The third kappa shape index (κ3) is 2.85. The molecule has 1 unspecified atom stereocenters. The van der Waals surface area contributed by atoms with E-state index in [9.17, 15) is 18.5 Å².